The van der Waals surface area contributed by atoms with Crippen molar-refractivity contribution >= 4 is 17.9 Å². The minimum absolute atomic E-state index is 0.0987. The molecule has 2 N–H and O–H groups in total. The van der Waals surface area contributed by atoms with Crippen LogP contribution in [0, 0.1) is 18.3 Å². The molecule has 0 radical (unpaired) electrons. The number of nitrogens with one attached hydrogen (secondary N) is 2. The minimum atomic E-state index is -0.993. The molecule has 0 spiro atoms. The molecule has 1 aromatic carbocycles. The Morgan fingerprint density at radius 2 is 1.57 bits per heavy atom. The summed E-state index contributed by atoms with van der Waals surface area (Å²) in [6, 6.07) is 5.08. The van der Waals surface area contributed by atoms with Gasteiger partial charge in [0.2, 0.25) is 11.8 Å². The van der Waals surface area contributed by atoms with Crippen LogP contribution in [-0.2, 0) is 14.3 Å². The van der Waals surface area contributed by atoms with Gasteiger partial charge in [-0.05, 0) is 79.4 Å². The van der Waals surface area contributed by atoms with Crippen LogP contribution in [0.3, 0.4) is 0 Å². The van der Waals surface area contributed by atoms with Crippen LogP contribution in [0.25, 0.3) is 0 Å². The summed E-state index contributed by atoms with van der Waals surface area (Å²) < 4.78 is 5.42. The van der Waals surface area contributed by atoms with Gasteiger partial charge in [0.1, 0.15) is 17.7 Å². The van der Waals surface area contributed by atoms with E-state index < -0.39 is 29.3 Å². The third-order valence-electron chi connectivity index (χ3n) is 5.00. The molecule has 0 aliphatic carbocycles. The molecule has 1 aromatic rings. The normalized spacial score (nSPS) is 13.6. The lowest BCUT2D eigenvalue weighted by molar-refractivity contribution is -0.149. The zero-order valence-corrected chi connectivity index (χ0v) is 23.0. The lowest BCUT2D eigenvalue weighted by Gasteiger charge is -2.43. The van der Waals surface area contributed by atoms with E-state index in [0.29, 0.717) is 17.5 Å². The third kappa shape index (κ3) is 9.28. The molecular weight excluding hydrogens is 442 g/mol. The first kappa shape index (κ1) is 30.0. The number of hydrogen-bond donors (Lipinski definition) is 2. The van der Waals surface area contributed by atoms with Gasteiger partial charge in [0.05, 0.1) is 0 Å². The Balaban J connectivity index is 3.65. The van der Waals surface area contributed by atoms with Crippen molar-refractivity contribution in [2.24, 2.45) is 5.92 Å². The highest BCUT2D eigenvalue weighted by Crippen LogP contribution is 2.32. The number of benzene rings is 1. The fourth-order valence-corrected chi connectivity index (χ4v) is 3.78. The van der Waals surface area contributed by atoms with Gasteiger partial charge in [0.15, 0.2) is 0 Å². The van der Waals surface area contributed by atoms with Crippen molar-refractivity contribution in [3.05, 3.63) is 35.4 Å². The van der Waals surface area contributed by atoms with E-state index in [9.17, 15) is 14.4 Å². The average molecular weight is 486 g/mol. The maximum absolute atomic E-state index is 14.2. The molecule has 0 bridgehead atoms. The van der Waals surface area contributed by atoms with Gasteiger partial charge in [-0.15, -0.1) is 6.42 Å². The molecule has 3 amide bonds. The standard InChI is InChI=1S/C28H43N3O4/c1-12-20-15-13-14-16-21(20)23(24(32)29-19(4)5)31(27(6,7)8)25(33)22(17-18(2)3)30-26(34)35-28(9,10)11/h1,13-16,18-19,22-23H,17H2,2-11H3,(H,29,32)(H,30,34). The number of rotatable bonds is 8. The quantitative estimate of drug-likeness (QED) is 0.518. The maximum atomic E-state index is 14.2. The van der Waals surface area contributed by atoms with Gasteiger partial charge in [-0.2, -0.15) is 0 Å². The first-order valence-electron chi connectivity index (χ1n) is 12.2. The number of carbonyl (C=O) groups is 3. The minimum Gasteiger partial charge on any atom is -0.444 e. The molecule has 0 saturated heterocycles. The molecule has 0 heterocycles. The number of nitrogens with zero attached hydrogens (tertiary/aromatic N) is 1. The average Bonchev–Trinajstić information content (AvgIpc) is 2.67. The SMILES string of the molecule is C#Cc1ccccc1C(C(=O)NC(C)C)N(C(=O)C(CC(C)C)NC(=O)OC(C)(C)C)C(C)(C)C. The van der Waals surface area contributed by atoms with Crippen molar-refractivity contribution in [1.29, 1.82) is 0 Å². The molecule has 7 nitrogen and oxygen atoms in total. The monoisotopic (exact) mass is 485 g/mol. The Labute approximate surface area is 211 Å². The highest BCUT2D eigenvalue weighted by atomic mass is 16.6. The second-order valence-electron chi connectivity index (χ2n) is 11.5. The Morgan fingerprint density at radius 1 is 1.00 bits per heavy atom. The number of alkyl carbamates (subject to hydrolysis) is 1. The summed E-state index contributed by atoms with van der Waals surface area (Å²) in [6.45, 7) is 18.5. The summed E-state index contributed by atoms with van der Waals surface area (Å²) in [7, 11) is 0. The summed E-state index contributed by atoms with van der Waals surface area (Å²) in [5, 5.41) is 5.69. The van der Waals surface area contributed by atoms with Crippen LogP contribution in [0.2, 0.25) is 0 Å². The van der Waals surface area contributed by atoms with Crippen molar-refractivity contribution in [2.45, 2.75) is 105 Å². The molecule has 0 saturated carbocycles. The summed E-state index contributed by atoms with van der Waals surface area (Å²) >= 11 is 0. The van der Waals surface area contributed by atoms with E-state index in [1.54, 1.807) is 45.0 Å². The summed E-state index contributed by atoms with van der Waals surface area (Å²) in [4.78, 5) is 41.9. The fraction of sp³-hybridized carbons (Fsp3) is 0.607. The van der Waals surface area contributed by atoms with Gasteiger partial charge in [0, 0.05) is 17.1 Å². The van der Waals surface area contributed by atoms with Crippen molar-refractivity contribution in [2.75, 3.05) is 0 Å². The van der Waals surface area contributed by atoms with Crippen molar-refractivity contribution < 1.29 is 19.1 Å². The Morgan fingerprint density at radius 3 is 2.03 bits per heavy atom. The molecule has 0 aliphatic rings. The van der Waals surface area contributed by atoms with Gasteiger partial charge in [-0.25, -0.2) is 4.79 Å². The molecule has 2 atom stereocenters. The van der Waals surface area contributed by atoms with Crippen LogP contribution in [0.5, 0.6) is 0 Å². The zero-order chi connectivity index (χ0) is 27.1. The molecular formula is C28H43N3O4. The maximum Gasteiger partial charge on any atom is 0.408 e. The van der Waals surface area contributed by atoms with Gasteiger partial charge in [-0.1, -0.05) is 38.0 Å². The van der Waals surface area contributed by atoms with Crippen LogP contribution < -0.4 is 10.6 Å². The van der Waals surface area contributed by atoms with Gasteiger partial charge < -0.3 is 20.3 Å². The number of ether oxygens (including phenoxy) is 1. The van der Waals surface area contributed by atoms with Gasteiger partial charge in [-0.3, -0.25) is 9.59 Å². The largest absolute Gasteiger partial charge is 0.444 e. The molecule has 0 aromatic heterocycles. The van der Waals surface area contributed by atoms with Crippen LogP contribution in [-0.4, -0.2) is 46.0 Å². The first-order chi connectivity index (χ1) is 16.0. The Bertz CT molecular complexity index is 933. The van der Waals surface area contributed by atoms with Gasteiger partial charge in [0.25, 0.3) is 0 Å². The highest BCUT2D eigenvalue weighted by Gasteiger charge is 2.42. The lowest BCUT2D eigenvalue weighted by Crippen LogP contribution is -2.59. The Kier molecular flexibility index (Phi) is 10.4. The van der Waals surface area contributed by atoms with Crippen LogP contribution in [0.4, 0.5) is 4.79 Å². The fourth-order valence-electron chi connectivity index (χ4n) is 3.78. The predicted molar refractivity (Wildman–Crippen MR) is 140 cm³/mol. The van der Waals surface area contributed by atoms with E-state index >= 15 is 0 Å². The van der Waals surface area contributed by atoms with Crippen molar-refractivity contribution in [1.82, 2.24) is 15.5 Å². The second kappa shape index (κ2) is 12.1. The van der Waals surface area contributed by atoms with E-state index in [2.05, 4.69) is 16.6 Å². The molecule has 2 unspecified atom stereocenters. The van der Waals surface area contributed by atoms with Crippen molar-refractivity contribution in [3.8, 4) is 12.3 Å². The molecule has 35 heavy (non-hydrogen) atoms. The van der Waals surface area contributed by atoms with E-state index in [0.717, 1.165) is 0 Å². The van der Waals surface area contributed by atoms with Gasteiger partial charge >= 0.3 is 6.09 Å². The zero-order valence-electron chi connectivity index (χ0n) is 23.0. The molecule has 0 aliphatic heterocycles. The first-order valence-corrected chi connectivity index (χ1v) is 12.2. The van der Waals surface area contributed by atoms with Crippen LogP contribution in [0.15, 0.2) is 24.3 Å². The highest BCUT2D eigenvalue weighted by molar-refractivity contribution is 5.93. The predicted octanol–water partition coefficient (Wildman–Crippen LogP) is 4.80. The number of hydrogen-bond acceptors (Lipinski definition) is 4. The van der Waals surface area contributed by atoms with E-state index in [4.69, 9.17) is 11.2 Å². The van der Waals surface area contributed by atoms with E-state index in [1.807, 2.05) is 48.5 Å². The smallest absolute Gasteiger partial charge is 0.408 e. The lowest BCUT2D eigenvalue weighted by atomic mass is 9.91. The van der Waals surface area contributed by atoms with Crippen LogP contribution >= 0.6 is 0 Å². The van der Waals surface area contributed by atoms with E-state index in [-0.39, 0.29) is 23.8 Å². The second-order valence-corrected chi connectivity index (χ2v) is 11.5. The van der Waals surface area contributed by atoms with Crippen molar-refractivity contribution in [3.63, 3.8) is 0 Å². The molecule has 1 rings (SSSR count). The Hall–Kier alpha value is -3.01. The number of terminal acetylenes is 1. The van der Waals surface area contributed by atoms with Crippen LogP contribution in [0.1, 0.15) is 92.8 Å². The molecule has 0 fully saturated rings. The summed E-state index contributed by atoms with van der Waals surface area (Å²) in [5.74, 6) is 2.02. The number of amides is 3. The van der Waals surface area contributed by atoms with E-state index in [1.165, 1.54) is 4.90 Å². The molecule has 7 heteroatoms. The number of carbonyl (C=O) groups excluding carboxylic acids is 3. The summed E-state index contributed by atoms with van der Waals surface area (Å²) in [5.41, 5.74) is -0.413. The molecule has 194 valence electrons. The topological polar surface area (TPSA) is 87.7 Å². The summed E-state index contributed by atoms with van der Waals surface area (Å²) in [6.07, 6.45) is 5.46. The third-order valence-corrected chi connectivity index (χ3v) is 5.00.